The number of carboxylic acid groups (broad SMARTS) is 2. The smallest absolute Gasteiger partial charge is 0.326 e. The zero-order chi connectivity index (χ0) is 32.9. The second-order valence-electron chi connectivity index (χ2n) is 10.4. The molecule has 5 amide bonds. The zero-order valence-corrected chi connectivity index (χ0v) is 23.3. The first-order valence-corrected chi connectivity index (χ1v) is 13.4. The Morgan fingerprint density at radius 3 is 2.39 bits per heavy atom. The molecule has 2 aliphatic rings. The van der Waals surface area contributed by atoms with Crippen molar-refractivity contribution < 1.29 is 64.1 Å². The third kappa shape index (κ3) is 7.94. The summed E-state index contributed by atoms with van der Waals surface area (Å²) in [7, 11) is 0. The van der Waals surface area contributed by atoms with Crippen LogP contribution in [0.15, 0.2) is 18.3 Å². The van der Waals surface area contributed by atoms with Crippen LogP contribution in [-0.4, -0.2) is 125 Å². The van der Waals surface area contributed by atoms with Crippen LogP contribution in [0.4, 0.5) is 4.79 Å². The first-order chi connectivity index (χ1) is 20.6. The molecule has 9 unspecified atom stereocenters. The van der Waals surface area contributed by atoms with Crippen LogP contribution in [0.25, 0.3) is 0 Å². The Morgan fingerprint density at radius 1 is 1.14 bits per heavy atom. The van der Waals surface area contributed by atoms with Crippen LogP contribution in [0.3, 0.4) is 0 Å². The number of carboxylic acids is 2. The number of hydrogen-bond donors (Lipinski definition) is 10. The molecule has 3 rings (SSSR count). The first-order valence-electron chi connectivity index (χ1n) is 13.4. The number of urea groups is 1. The quantitative estimate of drug-likeness (QED) is 0.1000. The molecule has 0 aromatic carbocycles. The van der Waals surface area contributed by atoms with E-state index in [0.717, 1.165) is 11.1 Å². The molecule has 0 bridgehead atoms. The summed E-state index contributed by atoms with van der Waals surface area (Å²) in [5.74, 6) is -7.18. The number of aliphatic hydroxyl groups is 3. The van der Waals surface area contributed by atoms with Gasteiger partial charge in [0, 0.05) is 25.3 Å². The Balaban J connectivity index is 1.86. The van der Waals surface area contributed by atoms with Crippen molar-refractivity contribution in [2.45, 2.75) is 75.0 Å². The number of aliphatic carboxylic acids is 2. The summed E-state index contributed by atoms with van der Waals surface area (Å²) in [6.07, 6.45) is -8.98. The van der Waals surface area contributed by atoms with Crippen LogP contribution in [0, 0.1) is 5.92 Å². The molecule has 1 aromatic rings. The van der Waals surface area contributed by atoms with Crippen LogP contribution in [0.5, 0.6) is 5.75 Å². The first kappa shape index (κ1) is 34.1. The Kier molecular flexibility index (Phi) is 11.1. The fraction of sp³-hybridized carbons (Fsp3) is 0.560. The van der Waals surface area contributed by atoms with Gasteiger partial charge in [-0.05, 0) is 18.6 Å². The minimum Gasteiger partial charge on any atom is -0.506 e. The third-order valence-electron chi connectivity index (χ3n) is 7.28. The Bertz CT molecular complexity index is 1260. The van der Waals surface area contributed by atoms with Crippen molar-refractivity contribution in [3.63, 3.8) is 0 Å². The number of aliphatic hydroxyl groups excluding tert-OH is 3. The maximum Gasteiger partial charge on any atom is 0.326 e. The van der Waals surface area contributed by atoms with E-state index in [1.54, 1.807) is 0 Å². The second kappa shape index (κ2) is 14.4. The molecular weight excluding hydrogens is 592 g/mol. The van der Waals surface area contributed by atoms with E-state index < -0.39 is 103 Å². The topological polar surface area (TPSA) is 311 Å². The molecule has 0 saturated carbocycles. The van der Waals surface area contributed by atoms with Crippen LogP contribution >= 0.6 is 0 Å². The molecule has 0 radical (unpaired) electrons. The molecule has 2 aliphatic heterocycles. The number of pyridine rings is 1. The van der Waals surface area contributed by atoms with E-state index >= 15 is 0 Å². The summed E-state index contributed by atoms with van der Waals surface area (Å²) < 4.78 is 5.64. The monoisotopic (exact) mass is 626 g/mol. The van der Waals surface area contributed by atoms with Gasteiger partial charge in [0.2, 0.25) is 17.7 Å². The van der Waals surface area contributed by atoms with Crippen molar-refractivity contribution in [3.05, 3.63) is 24.0 Å². The molecule has 11 N–H and O–H groups in total. The Hall–Kier alpha value is -4.43. The second-order valence-corrected chi connectivity index (χ2v) is 10.4. The molecule has 19 heteroatoms. The number of carbonyl (C=O) groups is 6. The van der Waals surface area contributed by atoms with Gasteiger partial charge in [0.1, 0.15) is 42.2 Å². The van der Waals surface area contributed by atoms with E-state index in [0.29, 0.717) is 0 Å². The fourth-order valence-corrected chi connectivity index (χ4v) is 4.65. The van der Waals surface area contributed by atoms with E-state index in [-0.39, 0.29) is 24.4 Å². The Labute approximate surface area is 249 Å². The molecule has 19 nitrogen and oxygen atoms in total. The number of ether oxygens (including phenoxy) is 1. The summed E-state index contributed by atoms with van der Waals surface area (Å²) in [5, 5.41) is 66.4. The zero-order valence-electron chi connectivity index (χ0n) is 23.3. The predicted molar refractivity (Wildman–Crippen MR) is 142 cm³/mol. The lowest BCUT2D eigenvalue weighted by molar-refractivity contribution is -0.146. The summed E-state index contributed by atoms with van der Waals surface area (Å²) in [6.45, 7) is 1.15. The third-order valence-corrected chi connectivity index (χ3v) is 7.28. The van der Waals surface area contributed by atoms with Gasteiger partial charge in [-0.2, -0.15) is 0 Å². The number of rotatable bonds is 13. The number of hydrogen-bond acceptors (Lipinski definition) is 13. The van der Waals surface area contributed by atoms with Crippen LogP contribution < -0.4 is 21.7 Å². The van der Waals surface area contributed by atoms with Crippen molar-refractivity contribution in [1.29, 1.82) is 0 Å². The summed E-state index contributed by atoms with van der Waals surface area (Å²) in [6, 6.07) is -3.72. The highest BCUT2D eigenvalue weighted by Crippen LogP contribution is 2.29. The fourth-order valence-electron chi connectivity index (χ4n) is 4.65. The number of amides is 5. The van der Waals surface area contributed by atoms with Gasteiger partial charge >= 0.3 is 18.0 Å². The minimum atomic E-state index is -1.97. The number of aromatic hydroxyl groups is 1. The van der Waals surface area contributed by atoms with Gasteiger partial charge in [-0.25, -0.2) is 9.59 Å². The lowest BCUT2D eigenvalue weighted by Gasteiger charge is -2.33. The molecule has 2 fully saturated rings. The average molecular weight is 627 g/mol. The standard InChI is InChI=1S/C25H34N6O13/c1-9(17(36)11-3-2-10(32)8-27-11)15(26)21(39)30-16(22(40)28-12(24(41)42)4-5-14(34)35)20-18(37)19(38)23(44-20)31-7-6-13(33)29-25(31)43/h2-3,8-9,12,15-20,23,32,36-38H,4-7,26H2,1H3,(H,28,40)(H,30,39)(H,34,35)(H,41,42)(H,29,33,43). The number of imide groups is 1. The van der Waals surface area contributed by atoms with Crippen LogP contribution in [0.1, 0.15) is 38.0 Å². The van der Waals surface area contributed by atoms with Gasteiger partial charge in [-0.15, -0.1) is 0 Å². The van der Waals surface area contributed by atoms with Crippen molar-refractivity contribution in [2.24, 2.45) is 11.7 Å². The molecule has 242 valence electrons. The molecular formula is C25H34N6O13. The molecule has 0 spiro atoms. The number of aromatic nitrogens is 1. The van der Waals surface area contributed by atoms with E-state index in [1.165, 1.54) is 19.1 Å². The van der Waals surface area contributed by atoms with Crippen LogP contribution in [0.2, 0.25) is 0 Å². The highest BCUT2D eigenvalue weighted by atomic mass is 16.6. The molecule has 3 heterocycles. The number of nitrogens with one attached hydrogen (secondary N) is 3. The maximum atomic E-state index is 13.4. The summed E-state index contributed by atoms with van der Waals surface area (Å²) in [4.78, 5) is 78.0. The van der Waals surface area contributed by atoms with Gasteiger partial charge in [0.15, 0.2) is 6.23 Å². The molecule has 2 saturated heterocycles. The van der Waals surface area contributed by atoms with Gasteiger partial charge in [0.05, 0.1) is 17.9 Å². The normalized spacial score (nSPS) is 25.2. The Morgan fingerprint density at radius 2 is 1.82 bits per heavy atom. The number of carbonyl (C=O) groups excluding carboxylic acids is 4. The van der Waals surface area contributed by atoms with Gasteiger partial charge in [0.25, 0.3) is 0 Å². The number of nitrogens with zero attached hydrogens (tertiary/aromatic N) is 2. The average Bonchev–Trinajstić information content (AvgIpc) is 3.25. The van der Waals surface area contributed by atoms with Crippen LogP contribution in [-0.2, 0) is 28.7 Å². The maximum absolute atomic E-state index is 13.4. The number of nitrogens with two attached hydrogens (primary N) is 1. The lowest BCUT2D eigenvalue weighted by Crippen LogP contribution is -2.61. The van der Waals surface area contributed by atoms with E-state index in [9.17, 15) is 54.3 Å². The largest absolute Gasteiger partial charge is 0.506 e. The molecule has 44 heavy (non-hydrogen) atoms. The van der Waals surface area contributed by atoms with Gasteiger partial charge in [-0.3, -0.25) is 34.4 Å². The van der Waals surface area contributed by atoms with Crippen molar-refractivity contribution >= 4 is 35.7 Å². The van der Waals surface area contributed by atoms with E-state index in [1.807, 2.05) is 5.32 Å². The summed E-state index contributed by atoms with van der Waals surface area (Å²) >= 11 is 0. The molecule has 0 aliphatic carbocycles. The molecule has 9 atom stereocenters. The highest BCUT2D eigenvalue weighted by molar-refractivity contribution is 5.97. The lowest BCUT2D eigenvalue weighted by atomic mass is 9.92. The van der Waals surface area contributed by atoms with Crippen molar-refractivity contribution in [3.8, 4) is 5.75 Å². The minimum absolute atomic E-state index is 0.0503. The van der Waals surface area contributed by atoms with Crippen molar-refractivity contribution in [1.82, 2.24) is 25.8 Å². The van der Waals surface area contributed by atoms with E-state index in [2.05, 4.69) is 15.6 Å². The molecule has 1 aromatic heterocycles. The van der Waals surface area contributed by atoms with Crippen molar-refractivity contribution in [2.75, 3.05) is 6.54 Å². The van der Waals surface area contributed by atoms with Gasteiger partial charge < -0.3 is 51.7 Å². The summed E-state index contributed by atoms with van der Waals surface area (Å²) in [5.41, 5.74) is 6.11. The highest BCUT2D eigenvalue weighted by Gasteiger charge is 2.53. The van der Waals surface area contributed by atoms with E-state index in [4.69, 9.17) is 15.6 Å². The SMILES string of the molecule is CC(C(N)C(=O)NC(C(=O)NC(CCC(=O)O)C(=O)O)C1OC(N2CCC(=O)NC2=O)C(O)C1O)C(O)c1ccc(O)cn1. The van der Waals surface area contributed by atoms with Gasteiger partial charge in [-0.1, -0.05) is 6.92 Å². The predicted octanol–water partition coefficient (Wildman–Crippen LogP) is -3.91.